The Balaban J connectivity index is 2.32. The second-order valence-corrected chi connectivity index (χ2v) is 4.29. The van der Waals surface area contributed by atoms with Crippen LogP contribution in [0.2, 0.25) is 5.02 Å². The lowest BCUT2D eigenvalue weighted by molar-refractivity contribution is 0.112. The third-order valence-electron chi connectivity index (χ3n) is 2.80. The molecule has 0 atom stereocenters. The van der Waals surface area contributed by atoms with E-state index in [0.29, 0.717) is 17.1 Å². The van der Waals surface area contributed by atoms with Gasteiger partial charge in [0.2, 0.25) is 0 Å². The van der Waals surface area contributed by atoms with Crippen molar-refractivity contribution in [2.45, 2.75) is 13.5 Å². The van der Waals surface area contributed by atoms with Gasteiger partial charge in [-0.05, 0) is 31.2 Å². The van der Waals surface area contributed by atoms with Crippen molar-refractivity contribution in [2.75, 3.05) is 11.4 Å². The summed E-state index contributed by atoms with van der Waals surface area (Å²) in [5, 5.41) is 0.473. The second-order valence-electron chi connectivity index (χ2n) is 3.88. The first kappa shape index (κ1) is 12.7. The summed E-state index contributed by atoms with van der Waals surface area (Å²) in [6.45, 7) is 3.41. The number of anilines is 1. The first-order chi connectivity index (χ1) is 8.76. The average Bonchev–Trinajstić information content (AvgIpc) is 2.88. The largest absolute Gasteiger partial charge is 0.467 e. The van der Waals surface area contributed by atoms with Gasteiger partial charge in [0.1, 0.15) is 5.76 Å². The smallest absolute Gasteiger partial charge is 0.153 e. The van der Waals surface area contributed by atoms with Crippen molar-refractivity contribution in [1.82, 2.24) is 0 Å². The Hall–Kier alpha value is -1.74. The Bertz CT molecular complexity index is 523. The van der Waals surface area contributed by atoms with Crippen LogP contribution in [0.3, 0.4) is 0 Å². The molecule has 0 saturated carbocycles. The first-order valence-corrected chi connectivity index (χ1v) is 6.15. The van der Waals surface area contributed by atoms with Crippen LogP contribution >= 0.6 is 11.6 Å². The molecule has 0 amide bonds. The highest BCUT2D eigenvalue weighted by Gasteiger charge is 2.13. The standard InChI is InChI=1S/C14H14ClNO2/c1-2-16(9-11-5-4-8-18-11)14-7-3-6-13(15)12(14)10-17/h3-8,10H,2,9H2,1H3. The van der Waals surface area contributed by atoms with Gasteiger partial charge in [0.25, 0.3) is 0 Å². The van der Waals surface area contributed by atoms with Crippen molar-refractivity contribution in [3.05, 3.63) is 52.9 Å². The van der Waals surface area contributed by atoms with Crippen LogP contribution in [0.1, 0.15) is 23.0 Å². The normalized spacial score (nSPS) is 10.3. The Morgan fingerprint density at radius 1 is 1.33 bits per heavy atom. The van der Waals surface area contributed by atoms with Crippen LogP contribution in [-0.4, -0.2) is 12.8 Å². The molecule has 0 radical (unpaired) electrons. The van der Waals surface area contributed by atoms with E-state index in [4.69, 9.17) is 16.0 Å². The minimum atomic E-state index is 0.473. The minimum absolute atomic E-state index is 0.473. The molecule has 2 aromatic rings. The summed E-state index contributed by atoms with van der Waals surface area (Å²) >= 11 is 6.03. The maximum atomic E-state index is 11.1. The molecule has 94 valence electrons. The minimum Gasteiger partial charge on any atom is -0.467 e. The highest BCUT2D eigenvalue weighted by molar-refractivity contribution is 6.33. The van der Waals surface area contributed by atoms with Crippen molar-refractivity contribution < 1.29 is 9.21 Å². The molecule has 0 fully saturated rings. The zero-order valence-electron chi connectivity index (χ0n) is 10.1. The highest BCUT2D eigenvalue weighted by Crippen LogP contribution is 2.27. The maximum Gasteiger partial charge on any atom is 0.153 e. The van der Waals surface area contributed by atoms with Gasteiger partial charge in [-0.2, -0.15) is 0 Å². The van der Waals surface area contributed by atoms with Crippen molar-refractivity contribution in [2.24, 2.45) is 0 Å². The molecular formula is C14H14ClNO2. The van der Waals surface area contributed by atoms with Gasteiger partial charge in [-0.15, -0.1) is 0 Å². The Kier molecular flexibility index (Phi) is 4.05. The van der Waals surface area contributed by atoms with Gasteiger partial charge < -0.3 is 9.32 Å². The molecule has 0 unspecified atom stereocenters. The van der Waals surface area contributed by atoms with Gasteiger partial charge in [-0.3, -0.25) is 4.79 Å². The summed E-state index contributed by atoms with van der Waals surface area (Å²) < 4.78 is 5.33. The number of hydrogen-bond acceptors (Lipinski definition) is 3. The number of aldehydes is 1. The van der Waals surface area contributed by atoms with Crippen LogP contribution in [-0.2, 0) is 6.54 Å². The number of rotatable bonds is 5. The molecule has 0 aliphatic heterocycles. The van der Waals surface area contributed by atoms with Crippen LogP contribution in [0.15, 0.2) is 41.0 Å². The topological polar surface area (TPSA) is 33.5 Å². The molecule has 0 bridgehead atoms. The molecule has 18 heavy (non-hydrogen) atoms. The summed E-state index contributed by atoms with van der Waals surface area (Å²) in [5.74, 6) is 0.855. The fraction of sp³-hybridized carbons (Fsp3) is 0.214. The fourth-order valence-electron chi connectivity index (χ4n) is 1.88. The molecule has 2 rings (SSSR count). The third-order valence-corrected chi connectivity index (χ3v) is 3.13. The number of carbonyl (C=O) groups excluding carboxylic acids is 1. The van der Waals surface area contributed by atoms with Crippen LogP contribution in [0.25, 0.3) is 0 Å². The molecule has 0 N–H and O–H groups in total. The monoisotopic (exact) mass is 263 g/mol. The lowest BCUT2D eigenvalue weighted by Gasteiger charge is -2.23. The second kappa shape index (κ2) is 5.74. The molecule has 0 spiro atoms. The molecular weight excluding hydrogens is 250 g/mol. The van der Waals surface area contributed by atoms with Gasteiger partial charge in [0.05, 0.1) is 23.4 Å². The molecule has 1 heterocycles. The highest BCUT2D eigenvalue weighted by atomic mass is 35.5. The van der Waals surface area contributed by atoms with E-state index in [0.717, 1.165) is 24.3 Å². The Labute approximate surface area is 111 Å². The summed E-state index contributed by atoms with van der Waals surface area (Å²) in [5.41, 5.74) is 1.35. The van der Waals surface area contributed by atoms with Crippen LogP contribution < -0.4 is 4.90 Å². The molecule has 0 aliphatic carbocycles. The predicted molar refractivity (Wildman–Crippen MR) is 72.3 cm³/mol. The van der Waals surface area contributed by atoms with Gasteiger partial charge in [0, 0.05) is 12.2 Å². The summed E-state index contributed by atoms with van der Waals surface area (Å²) in [6, 6.07) is 9.21. The predicted octanol–water partition coefficient (Wildman–Crippen LogP) is 3.77. The van der Waals surface area contributed by atoms with E-state index in [1.54, 1.807) is 12.3 Å². The zero-order valence-corrected chi connectivity index (χ0v) is 10.9. The van der Waals surface area contributed by atoms with E-state index in [1.807, 2.05) is 31.2 Å². The molecule has 0 aliphatic rings. The summed E-state index contributed by atoms with van der Waals surface area (Å²) in [7, 11) is 0. The van der Waals surface area contributed by atoms with Crippen LogP contribution in [0.4, 0.5) is 5.69 Å². The van der Waals surface area contributed by atoms with Crippen molar-refractivity contribution in [1.29, 1.82) is 0 Å². The third kappa shape index (κ3) is 2.57. The van der Waals surface area contributed by atoms with E-state index in [2.05, 4.69) is 4.90 Å². The lowest BCUT2D eigenvalue weighted by atomic mass is 10.1. The fourth-order valence-corrected chi connectivity index (χ4v) is 2.09. The van der Waals surface area contributed by atoms with Gasteiger partial charge in [-0.25, -0.2) is 0 Å². The number of benzene rings is 1. The number of furan rings is 1. The molecule has 0 saturated heterocycles. The maximum absolute atomic E-state index is 11.1. The van der Waals surface area contributed by atoms with Gasteiger partial charge in [-0.1, -0.05) is 17.7 Å². The van der Waals surface area contributed by atoms with E-state index >= 15 is 0 Å². The van der Waals surface area contributed by atoms with Crippen molar-refractivity contribution >= 4 is 23.6 Å². The molecule has 3 nitrogen and oxygen atoms in total. The van der Waals surface area contributed by atoms with E-state index in [-0.39, 0.29) is 0 Å². The molecule has 1 aromatic carbocycles. The molecule has 4 heteroatoms. The number of halogens is 1. The van der Waals surface area contributed by atoms with Gasteiger partial charge in [0.15, 0.2) is 6.29 Å². The number of hydrogen-bond donors (Lipinski definition) is 0. The first-order valence-electron chi connectivity index (χ1n) is 5.77. The van der Waals surface area contributed by atoms with Crippen LogP contribution in [0, 0.1) is 0 Å². The zero-order chi connectivity index (χ0) is 13.0. The van der Waals surface area contributed by atoms with Crippen LogP contribution in [0.5, 0.6) is 0 Å². The Morgan fingerprint density at radius 3 is 2.78 bits per heavy atom. The summed E-state index contributed by atoms with van der Waals surface area (Å²) in [6.07, 6.45) is 2.43. The SMILES string of the molecule is CCN(Cc1ccco1)c1cccc(Cl)c1C=O. The lowest BCUT2D eigenvalue weighted by Crippen LogP contribution is -2.23. The quantitative estimate of drug-likeness (QED) is 0.770. The van der Waals surface area contributed by atoms with E-state index in [9.17, 15) is 4.79 Å². The molecule has 1 aromatic heterocycles. The van der Waals surface area contributed by atoms with Gasteiger partial charge >= 0.3 is 0 Å². The number of nitrogens with zero attached hydrogens (tertiary/aromatic N) is 1. The van der Waals surface area contributed by atoms with E-state index in [1.165, 1.54) is 0 Å². The Morgan fingerprint density at radius 2 is 2.17 bits per heavy atom. The number of carbonyl (C=O) groups is 1. The van der Waals surface area contributed by atoms with E-state index < -0.39 is 0 Å². The van der Waals surface area contributed by atoms with Crippen molar-refractivity contribution in [3.63, 3.8) is 0 Å². The average molecular weight is 264 g/mol. The summed E-state index contributed by atoms with van der Waals surface area (Å²) in [4.78, 5) is 13.2. The van der Waals surface area contributed by atoms with Crippen molar-refractivity contribution in [3.8, 4) is 0 Å².